The number of likely N-dealkylation sites (tertiary alicyclic amines) is 1. The van der Waals surface area contributed by atoms with Crippen molar-refractivity contribution in [2.24, 2.45) is 5.92 Å². The van der Waals surface area contributed by atoms with E-state index in [9.17, 15) is 10.1 Å². The Hall–Kier alpha value is -2.43. The zero-order chi connectivity index (χ0) is 17.4. The van der Waals surface area contributed by atoms with Crippen molar-refractivity contribution < 1.29 is 0 Å². The van der Waals surface area contributed by atoms with Crippen molar-refractivity contribution in [1.82, 2.24) is 19.5 Å². The molecule has 0 saturated carbocycles. The quantitative estimate of drug-likeness (QED) is 0.785. The van der Waals surface area contributed by atoms with Crippen LogP contribution in [0.25, 0.3) is 5.65 Å². The van der Waals surface area contributed by atoms with Crippen LogP contribution in [0.15, 0.2) is 34.6 Å². The Labute approximate surface area is 149 Å². The fraction of sp³-hybridized carbons (Fsp3) is 0.389. The van der Waals surface area contributed by atoms with Gasteiger partial charge in [0.1, 0.15) is 11.6 Å². The molecule has 128 valence electrons. The number of aromatic amines is 1. The number of nitrogens with one attached hydrogen (secondary N) is 1. The highest BCUT2D eigenvalue weighted by Gasteiger charge is 2.28. The third kappa shape index (κ3) is 2.99. The summed E-state index contributed by atoms with van der Waals surface area (Å²) in [4.78, 5) is 20.7. The van der Waals surface area contributed by atoms with Crippen molar-refractivity contribution in [3.63, 3.8) is 0 Å². The van der Waals surface area contributed by atoms with Gasteiger partial charge in [0.05, 0.1) is 5.69 Å². The zero-order valence-electron chi connectivity index (χ0n) is 14.0. The van der Waals surface area contributed by atoms with E-state index in [-0.39, 0.29) is 5.56 Å². The molecular weight excluding hydrogens is 334 g/mol. The van der Waals surface area contributed by atoms with Gasteiger partial charge in [0.25, 0.3) is 5.56 Å². The number of aromatic nitrogens is 3. The van der Waals surface area contributed by atoms with Crippen molar-refractivity contribution in [3.8, 4) is 6.07 Å². The average molecular weight is 353 g/mol. The standard InChI is InChI=1S/C18H19N5OS/c1-12-4-5-15(16-3-2-6-25-16)22(10-12)11-14-7-17(24)23-18(21-14)13(8-19)9-20-23/h2-3,6-7,9,12,15,20H,4-5,10-11H2,1H3. The molecule has 0 spiro atoms. The van der Waals surface area contributed by atoms with E-state index in [1.54, 1.807) is 17.4 Å². The van der Waals surface area contributed by atoms with E-state index in [1.807, 2.05) is 0 Å². The minimum atomic E-state index is -0.181. The predicted octanol–water partition coefficient (Wildman–Crippen LogP) is 2.93. The molecule has 0 radical (unpaired) electrons. The first-order chi connectivity index (χ1) is 12.2. The molecule has 4 heterocycles. The van der Waals surface area contributed by atoms with Gasteiger partial charge in [-0.1, -0.05) is 13.0 Å². The topological polar surface area (TPSA) is 77.2 Å². The molecule has 4 rings (SSSR count). The van der Waals surface area contributed by atoms with Crippen LogP contribution in [0.4, 0.5) is 0 Å². The van der Waals surface area contributed by atoms with E-state index in [0.717, 1.165) is 18.7 Å². The summed E-state index contributed by atoms with van der Waals surface area (Å²) in [5, 5.41) is 14.1. The monoisotopic (exact) mass is 353 g/mol. The van der Waals surface area contributed by atoms with Crippen molar-refractivity contribution in [1.29, 1.82) is 5.26 Å². The first-order valence-corrected chi connectivity index (χ1v) is 9.31. The third-order valence-electron chi connectivity index (χ3n) is 4.83. The lowest BCUT2D eigenvalue weighted by Crippen LogP contribution is -2.37. The Balaban J connectivity index is 1.68. The number of nitrogens with zero attached hydrogens (tertiary/aromatic N) is 4. The summed E-state index contributed by atoms with van der Waals surface area (Å²) in [6.07, 6.45) is 3.85. The number of thiophene rings is 1. The van der Waals surface area contributed by atoms with E-state index in [0.29, 0.717) is 29.7 Å². The molecule has 1 N–H and O–H groups in total. The number of H-pyrrole nitrogens is 1. The molecule has 0 aliphatic carbocycles. The maximum absolute atomic E-state index is 12.3. The molecule has 1 aliphatic rings. The molecule has 1 saturated heterocycles. The molecule has 1 fully saturated rings. The number of nitriles is 1. The molecular formula is C18H19N5OS. The number of hydrogen-bond donors (Lipinski definition) is 1. The maximum Gasteiger partial charge on any atom is 0.272 e. The summed E-state index contributed by atoms with van der Waals surface area (Å²) in [5.74, 6) is 0.628. The van der Waals surface area contributed by atoms with Crippen LogP contribution < -0.4 is 5.56 Å². The second-order valence-electron chi connectivity index (χ2n) is 6.69. The maximum atomic E-state index is 12.3. The lowest BCUT2D eigenvalue weighted by molar-refractivity contribution is 0.107. The molecule has 3 aromatic rings. The van der Waals surface area contributed by atoms with Gasteiger partial charge < -0.3 is 0 Å². The van der Waals surface area contributed by atoms with Crippen LogP contribution >= 0.6 is 11.3 Å². The Kier molecular flexibility index (Phi) is 4.15. The van der Waals surface area contributed by atoms with E-state index < -0.39 is 0 Å². The Morgan fingerprint density at radius 3 is 3.12 bits per heavy atom. The Morgan fingerprint density at radius 1 is 1.48 bits per heavy atom. The minimum Gasteiger partial charge on any atom is -0.295 e. The van der Waals surface area contributed by atoms with E-state index in [2.05, 4.69) is 45.5 Å². The van der Waals surface area contributed by atoms with Gasteiger partial charge in [0.15, 0.2) is 5.65 Å². The first kappa shape index (κ1) is 16.1. The van der Waals surface area contributed by atoms with E-state index >= 15 is 0 Å². The fourth-order valence-corrected chi connectivity index (χ4v) is 4.52. The van der Waals surface area contributed by atoms with E-state index in [1.165, 1.54) is 22.0 Å². The third-order valence-corrected chi connectivity index (χ3v) is 5.80. The zero-order valence-corrected chi connectivity index (χ0v) is 14.8. The van der Waals surface area contributed by atoms with Crippen molar-refractivity contribution in [2.45, 2.75) is 32.4 Å². The van der Waals surface area contributed by atoms with Crippen LogP contribution in [0.5, 0.6) is 0 Å². The number of hydrogen-bond acceptors (Lipinski definition) is 5. The molecule has 2 unspecified atom stereocenters. The first-order valence-electron chi connectivity index (χ1n) is 8.43. The van der Waals surface area contributed by atoms with Gasteiger partial charge in [-0.25, -0.2) is 9.50 Å². The summed E-state index contributed by atoms with van der Waals surface area (Å²) in [7, 11) is 0. The molecule has 3 aromatic heterocycles. The summed E-state index contributed by atoms with van der Waals surface area (Å²) < 4.78 is 1.32. The Morgan fingerprint density at radius 2 is 2.36 bits per heavy atom. The summed E-state index contributed by atoms with van der Waals surface area (Å²) in [6, 6.07) is 8.29. The highest BCUT2D eigenvalue weighted by atomic mass is 32.1. The van der Waals surface area contributed by atoms with Gasteiger partial charge >= 0.3 is 0 Å². The van der Waals surface area contributed by atoms with Gasteiger partial charge in [0.2, 0.25) is 0 Å². The second-order valence-corrected chi connectivity index (χ2v) is 7.67. The molecule has 0 bridgehead atoms. The van der Waals surface area contributed by atoms with Gasteiger partial charge in [-0.3, -0.25) is 14.8 Å². The predicted molar refractivity (Wildman–Crippen MR) is 96.4 cm³/mol. The summed E-state index contributed by atoms with van der Waals surface area (Å²) in [6.45, 7) is 3.87. The van der Waals surface area contributed by atoms with Crippen molar-refractivity contribution in [3.05, 3.63) is 56.3 Å². The molecule has 25 heavy (non-hydrogen) atoms. The van der Waals surface area contributed by atoms with Gasteiger partial charge in [-0.15, -0.1) is 11.3 Å². The van der Waals surface area contributed by atoms with Gasteiger partial charge in [-0.2, -0.15) is 5.26 Å². The molecule has 2 atom stereocenters. The SMILES string of the molecule is CC1CCC(c2cccs2)N(Cc2cc(=O)n3[nH]cc(C#N)c3n2)C1. The normalized spacial score (nSPS) is 21.4. The van der Waals surface area contributed by atoms with Crippen molar-refractivity contribution in [2.75, 3.05) is 6.54 Å². The molecule has 6 nitrogen and oxygen atoms in total. The smallest absolute Gasteiger partial charge is 0.272 e. The molecule has 1 aliphatic heterocycles. The van der Waals surface area contributed by atoms with Crippen LogP contribution in [-0.2, 0) is 6.54 Å². The second kappa shape index (κ2) is 6.47. The highest BCUT2D eigenvalue weighted by molar-refractivity contribution is 7.10. The minimum absolute atomic E-state index is 0.181. The number of fused-ring (bicyclic) bond motifs is 1. The van der Waals surface area contributed by atoms with E-state index in [4.69, 9.17) is 0 Å². The number of piperidine rings is 1. The van der Waals surface area contributed by atoms with Crippen LogP contribution in [0.1, 0.15) is 41.9 Å². The highest BCUT2D eigenvalue weighted by Crippen LogP contribution is 2.36. The van der Waals surface area contributed by atoms with Crippen LogP contribution in [0.2, 0.25) is 0 Å². The average Bonchev–Trinajstić information content (AvgIpc) is 3.24. The Bertz CT molecular complexity index is 981. The molecule has 0 amide bonds. The fourth-order valence-electron chi connectivity index (χ4n) is 3.62. The van der Waals surface area contributed by atoms with Crippen LogP contribution in [-0.4, -0.2) is 26.0 Å². The summed E-state index contributed by atoms with van der Waals surface area (Å²) in [5.41, 5.74) is 1.33. The number of rotatable bonds is 3. The molecule has 7 heteroatoms. The van der Waals surface area contributed by atoms with Crippen molar-refractivity contribution >= 4 is 17.0 Å². The largest absolute Gasteiger partial charge is 0.295 e. The van der Waals surface area contributed by atoms with Gasteiger partial charge in [-0.05, 0) is 30.2 Å². The van der Waals surface area contributed by atoms with Crippen LogP contribution in [0.3, 0.4) is 0 Å². The van der Waals surface area contributed by atoms with Crippen LogP contribution in [0, 0.1) is 17.2 Å². The summed E-state index contributed by atoms with van der Waals surface area (Å²) >= 11 is 1.78. The molecule has 0 aromatic carbocycles. The lowest BCUT2D eigenvalue weighted by Gasteiger charge is -2.38. The van der Waals surface area contributed by atoms with Gasteiger partial charge in [0, 0.05) is 36.3 Å². The lowest BCUT2D eigenvalue weighted by atomic mass is 9.93.